The Labute approximate surface area is 147 Å². The highest BCUT2D eigenvalue weighted by Crippen LogP contribution is 2.33. The van der Waals surface area contributed by atoms with Crippen molar-refractivity contribution >= 4 is 10.8 Å². The van der Waals surface area contributed by atoms with Crippen LogP contribution >= 0.6 is 0 Å². The summed E-state index contributed by atoms with van der Waals surface area (Å²) in [4.78, 5) is 2.37. The second-order valence-corrected chi connectivity index (χ2v) is 6.82. The number of aromatic hydroxyl groups is 1. The molecule has 0 amide bonds. The lowest BCUT2D eigenvalue weighted by Gasteiger charge is -2.26. The minimum absolute atomic E-state index is 0.290. The average Bonchev–Trinajstić information content (AvgIpc) is 3.30. The summed E-state index contributed by atoms with van der Waals surface area (Å²) in [6.07, 6.45) is 3.84. The predicted octanol–water partition coefficient (Wildman–Crippen LogP) is 4.23. The lowest BCUT2D eigenvalue weighted by molar-refractivity contribution is 0.0994. The summed E-state index contributed by atoms with van der Waals surface area (Å²) in [5.41, 5.74) is 0.970. The molecule has 4 rings (SSSR count). The second kappa shape index (κ2) is 6.90. The van der Waals surface area contributed by atoms with E-state index in [-0.39, 0.29) is 0 Å². The number of phenolic OH excluding ortho intramolecular Hbond substituents is 1. The number of benzene rings is 2. The number of hydrogen-bond donors (Lipinski definition) is 2. The van der Waals surface area contributed by atoms with Crippen LogP contribution in [0.4, 0.5) is 0 Å². The van der Waals surface area contributed by atoms with Gasteiger partial charge in [-0.05, 0) is 54.8 Å². The van der Waals surface area contributed by atoms with Gasteiger partial charge in [0.2, 0.25) is 0 Å². The van der Waals surface area contributed by atoms with Crippen molar-refractivity contribution in [3.63, 3.8) is 0 Å². The molecule has 1 aromatic heterocycles. The van der Waals surface area contributed by atoms with Gasteiger partial charge >= 0.3 is 0 Å². The van der Waals surface area contributed by atoms with Crippen LogP contribution in [0.1, 0.15) is 36.7 Å². The number of hydrogen-bond acceptors (Lipinski definition) is 4. The van der Waals surface area contributed by atoms with Gasteiger partial charge in [0.1, 0.15) is 17.6 Å². The molecule has 4 nitrogen and oxygen atoms in total. The maximum atomic E-state index is 10.4. The van der Waals surface area contributed by atoms with Gasteiger partial charge in [0.25, 0.3) is 0 Å². The third-order valence-corrected chi connectivity index (χ3v) is 5.24. The fourth-order valence-corrected chi connectivity index (χ4v) is 3.92. The highest BCUT2D eigenvalue weighted by atomic mass is 16.4. The number of nitrogens with zero attached hydrogens (tertiary/aromatic N) is 1. The van der Waals surface area contributed by atoms with Gasteiger partial charge in [-0.25, -0.2) is 0 Å². The molecule has 0 bridgehead atoms. The van der Waals surface area contributed by atoms with E-state index in [1.54, 1.807) is 18.4 Å². The summed E-state index contributed by atoms with van der Waals surface area (Å²) >= 11 is 0. The van der Waals surface area contributed by atoms with E-state index in [4.69, 9.17) is 4.42 Å². The summed E-state index contributed by atoms with van der Waals surface area (Å²) in [7, 11) is 0. The maximum Gasteiger partial charge on any atom is 0.132 e. The van der Waals surface area contributed by atoms with E-state index in [1.807, 2.05) is 24.3 Å². The van der Waals surface area contributed by atoms with Gasteiger partial charge in [0.15, 0.2) is 0 Å². The molecule has 4 heteroatoms. The first-order chi connectivity index (χ1) is 12.2. The molecule has 2 unspecified atom stereocenters. The van der Waals surface area contributed by atoms with E-state index in [9.17, 15) is 10.2 Å². The smallest absolute Gasteiger partial charge is 0.132 e. The normalized spacial score (nSPS) is 19.5. The predicted molar refractivity (Wildman–Crippen MR) is 97.3 cm³/mol. The van der Waals surface area contributed by atoms with E-state index < -0.39 is 6.10 Å². The molecule has 0 aliphatic carbocycles. The Morgan fingerprint density at radius 3 is 2.84 bits per heavy atom. The number of likely N-dealkylation sites (tertiary alicyclic amines) is 1. The highest BCUT2D eigenvalue weighted by molar-refractivity contribution is 5.87. The molecule has 2 heterocycles. The number of rotatable bonds is 5. The fourth-order valence-electron chi connectivity index (χ4n) is 3.92. The molecule has 2 aromatic carbocycles. The van der Waals surface area contributed by atoms with Crippen LogP contribution in [-0.2, 0) is 6.54 Å². The summed E-state index contributed by atoms with van der Waals surface area (Å²) in [5, 5.41) is 23.0. The Morgan fingerprint density at radius 2 is 2.00 bits per heavy atom. The number of aliphatic hydroxyl groups is 1. The van der Waals surface area contributed by atoms with Crippen LogP contribution in [0, 0.1) is 0 Å². The van der Waals surface area contributed by atoms with Crippen molar-refractivity contribution in [2.45, 2.75) is 38.0 Å². The molecule has 0 radical (unpaired) electrons. The van der Waals surface area contributed by atoms with Crippen LogP contribution in [-0.4, -0.2) is 27.7 Å². The van der Waals surface area contributed by atoms with E-state index in [0.717, 1.165) is 35.7 Å². The van der Waals surface area contributed by atoms with Crippen LogP contribution in [0.15, 0.2) is 59.2 Å². The molecular formula is C21H23NO3. The first-order valence-electron chi connectivity index (χ1n) is 8.87. The van der Waals surface area contributed by atoms with Gasteiger partial charge in [-0.3, -0.25) is 4.90 Å². The quantitative estimate of drug-likeness (QED) is 0.732. The molecule has 1 aliphatic rings. The van der Waals surface area contributed by atoms with E-state index in [1.165, 1.54) is 0 Å². The Hall–Kier alpha value is -2.30. The monoisotopic (exact) mass is 337 g/mol. The van der Waals surface area contributed by atoms with Crippen molar-refractivity contribution in [2.24, 2.45) is 0 Å². The van der Waals surface area contributed by atoms with Crippen molar-refractivity contribution < 1.29 is 14.6 Å². The number of fused-ring (bicyclic) bond motifs is 1. The average molecular weight is 337 g/mol. The Morgan fingerprint density at radius 1 is 1.12 bits per heavy atom. The third kappa shape index (κ3) is 3.28. The van der Waals surface area contributed by atoms with Gasteiger partial charge in [-0.1, -0.05) is 30.3 Å². The molecule has 2 N–H and O–H groups in total. The van der Waals surface area contributed by atoms with Crippen LogP contribution in [0.3, 0.4) is 0 Å². The van der Waals surface area contributed by atoms with Crippen LogP contribution in [0.25, 0.3) is 10.8 Å². The zero-order chi connectivity index (χ0) is 17.2. The fraction of sp³-hybridized carbons (Fsp3) is 0.333. The third-order valence-electron chi connectivity index (χ3n) is 5.24. The van der Waals surface area contributed by atoms with E-state index >= 15 is 0 Å². The SMILES string of the molecule is Oc1ccc2ccccc2c1CN1CCCC1CC(O)c1ccco1. The molecule has 25 heavy (non-hydrogen) atoms. The van der Waals surface area contributed by atoms with Gasteiger partial charge < -0.3 is 14.6 Å². The van der Waals surface area contributed by atoms with Gasteiger partial charge in [-0.2, -0.15) is 0 Å². The standard InChI is InChI=1S/C21H23NO3/c23-19-10-9-15-5-1-2-7-17(15)18(19)14-22-11-3-6-16(22)13-20(24)21-8-4-12-25-21/h1-2,4-5,7-10,12,16,20,23-24H,3,6,11,13-14H2. The Balaban J connectivity index is 1.55. The van der Waals surface area contributed by atoms with Crippen LogP contribution in [0.2, 0.25) is 0 Å². The van der Waals surface area contributed by atoms with Crippen molar-refractivity contribution in [1.29, 1.82) is 0 Å². The van der Waals surface area contributed by atoms with Gasteiger partial charge in [0, 0.05) is 18.2 Å². The molecule has 2 atom stereocenters. The summed E-state index contributed by atoms with van der Waals surface area (Å²) < 4.78 is 5.33. The second-order valence-electron chi connectivity index (χ2n) is 6.82. The van der Waals surface area contributed by atoms with Crippen LogP contribution in [0.5, 0.6) is 5.75 Å². The molecule has 0 saturated carbocycles. The van der Waals surface area contributed by atoms with Gasteiger partial charge in [0.05, 0.1) is 6.26 Å². The Kier molecular flexibility index (Phi) is 4.47. The molecular weight excluding hydrogens is 314 g/mol. The van der Waals surface area contributed by atoms with Gasteiger partial charge in [-0.15, -0.1) is 0 Å². The summed E-state index contributed by atoms with van der Waals surface area (Å²) in [6.45, 7) is 1.68. The minimum Gasteiger partial charge on any atom is -0.508 e. The summed E-state index contributed by atoms with van der Waals surface area (Å²) in [5.74, 6) is 0.968. The van der Waals surface area contributed by atoms with E-state index in [0.29, 0.717) is 30.5 Å². The molecule has 1 aliphatic heterocycles. The largest absolute Gasteiger partial charge is 0.508 e. The zero-order valence-corrected chi connectivity index (χ0v) is 14.1. The first-order valence-corrected chi connectivity index (χ1v) is 8.87. The maximum absolute atomic E-state index is 10.4. The first kappa shape index (κ1) is 16.2. The van der Waals surface area contributed by atoms with Crippen LogP contribution < -0.4 is 0 Å². The topological polar surface area (TPSA) is 56.8 Å². The summed E-state index contributed by atoms with van der Waals surface area (Å²) in [6, 6.07) is 15.8. The molecule has 0 spiro atoms. The van der Waals surface area contributed by atoms with Crippen molar-refractivity contribution in [2.75, 3.05) is 6.54 Å². The minimum atomic E-state index is -0.582. The highest BCUT2D eigenvalue weighted by Gasteiger charge is 2.28. The number of aliphatic hydroxyl groups excluding tert-OH is 1. The number of phenols is 1. The molecule has 3 aromatic rings. The number of furan rings is 1. The van der Waals surface area contributed by atoms with E-state index in [2.05, 4.69) is 17.0 Å². The van der Waals surface area contributed by atoms with Crippen molar-refractivity contribution in [3.8, 4) is 5.75 Å². The Bertz CT molecular complexity index is 843. The lowest BCUT2D eigenvalue weighted by Crippen LogP contribution is -2.30. The molecule has 1 saturated heterocycles. The zero-order valence-electron chi connectivity index (χ0n) is 14.1. The van der Waals surface area contributed by atoms with Crippen molar-refractivity contribution in [1.82, 2.24) is 4.90 Å². The lowest BCUT2D eigenvalue weighted by atomic mass is 10.0. The molecule has 1 fully saturated rings. The van der Waals surface area contributed by atoms with Crippen molar-refractivity contribution in [3.05, 3.63) is 66.1 Å². The molecule has 130 valence electrons.